The highest BCUT2D eigenvalue weighted by molar-refractivity contribution is 7.80. The quantitative estimate of drug-likeness (QED) is 0.634. The Bertz CT molecular complexity index is 555. The molecule has 1 atom stereocenters. The number of hydrogen-bond donors (Lipinski definition) is 2. The molecule has 1 amide bonds. The molecule has 0 bridgehead atoms. The van der Waals surface area contributed by atoms with E-state index >= 15 is 0 Å². The van der Waals surface area contributed by atoms with Gasteiger partial charge in [-0.15, -0.1) is 0 Å². The number of nitrogens with two attached hydrogens (primary N) is 2. The average Bonchev–Trinajstić information content (AvgIpc) is 2.42. The topological polar surface area (TPSA) is 98.6 Å². The van der Waals surface area contributed by atoms with Crippen LogP contribution >= 0.6 is 12.2 Å². The molecule has 22 heavy (non-hydrogen) atoms. The zero-order chi connectivity index (χ0) is 16.9. The van der Waals surface area contributed by atoms with Crippen LogP contribution in [-0.4, -0.2) is 40.1 Å². The number of carbonyl (C=O) groups excluding carboxylic acids is 2. The summed E-state index contributed by atoms with van der Waals surface area (Å²) in [5.41, 5.74) is 11.1. The lowest BCUT2D eigenvalue weighted by Crippen LogP contribution is -2.51. The summed E-state index contributed by atoms with van der Waals surface area (Å²) < 4.78 is 5.18. The first-order valence-corrected chi connectivity index (χ1v) is 7.17. The molecule has 0 radical (unpaired) electrons. The molecular weight excluding hydrogens is 302 g/mol. The van der Waals surface area contributed by atoms with Crippen molar-refractivity contribution in [1.29, 1.82) is 0 Å². The first-order valence-electron chi connectivity index (χ1n) is 6.76. The molecule has 1 aromatic carbocycles. The fourth-order valence-electron chi connectivity index (χ4n) is 1.66. The number of hydrogen-bond acceptors (Lipinski definition) is 5. The van der Waals surface area contributed by atoms with Gasteiger partial charge in [-0.1, -0.05) is 18.2 Å². The Morgan fingerprint density at radius 1 is 1.27 bits per heavy atom. The third-order valence-electron chi connectivity index (χ3n) is 2.62. The Balaban J connectivity index is 2.83. The van der Waals surface area contributed by atoms with Crippen molar-refractivity contribution in [2.75, 3.05) is 6.54 Å². The van der Waals surface area contributed by atoms with Gasteiger partial charge in [-0.05, 0) is 45.1 Å². The molecule has 0 aliphatic carbocycles. The molecule has 0 saturated heterocycles. The molecule has 0 aliphatic heterocycles. The summed E-state index contributed by atoms with van der Waals surface area (Å²) in [5.74, 6) is -1.03. The van der Waals surface area contributed by atoms with Crippen LogP contribution in [0.4, 0.5) is 0 Å². The van der Waals surface area contributed by atoms with E-state index in [0.717, 1.165) is 4.90 Å². The molecule has 0 fully saturated rings. The maximum atomic E-state index is 12.4. The highest BCUT2D eigenvalue weighted by Gasteiger charge is 2.27. The van der Waals surface area contributed by atoms with Crippen LogP contribution in [0.2, 0.25) is 0 Å². The molecule has 1 unspecified atom stereocenters. The molecular formula is C15H21N3O3S. The maximum Gasteiger partial charge on any atom is 0.325 e. The van der Waals surface area contributed by atoms with Crippen molar-refractivity contribution in [3.05, 3.63) is 35.9 Å². The van der Waals surface area contributed by atoms with Gasteiger partial charge in [0.1, 0.15) is 11.6 Å². The molecule has 0 saturated carbocycles. The van der Waals surface area contributed by atoms with Crippen LogP contribution in [0.15, 0.2) is 30.3 Å². The lowest BCUT2D eigenvalue weighted by molar-refractivity contribution is -0.156. The SMILES string of the molecule is CC(C)(C)OC(=O)C(N)CN(C(=O)c1ccccc1)C(N)=S. The highest BCUT2D eigenvalue weighted by Crippen LogP contribution is 2.10. The second kappa shape index (κ2) is 7.33. The minimum Gasteiger partial charge on any atom is -0.459 e. The number of rotatable bonds is 4. The van der Waals surface area contributed by atoms with E-state index in [1.54, 1.807) is 51.1 Å². The summed E-state index contributed by atoms with van der Waals surface area (Å²) >= 11 is 4.88. The molecule has 0 spiro atoms. The highest BCUT2D eigenvalue weighted by atomic mass is 32.1. The van der Waals surface area contributed by atoms with E-state index < -0.39 is 23.5 Å². The molecule has 0 aliphatic rings. The van der Waals surface area contributed by atoms with Crippen molar-refractivity contribution in [1.82, 2.24) is 4.90 Å². The standard InChI is InChI=1S/C15H21N3O3S/c1-15(2,3)21-13(20)11(16)9-18(14(17)22)12(19)10-7-5-4-6-8-10/h4-8,11H,9,16H2,1-3H3,(H2,17,22). The van der Waals surface area contributed by atoms with Crippen molar-refractivity contribution in [2.45, 2.75) is 32.4 Å². The summed E-state index contributed by atoms with van der Waals surface area (Å²) in [5, 5.41) is -0.145. The van der Waals surface area contributed by atoms with Gasteiger partial charge in [0.2, 0.25) is 0 Å². The molecule has 1 rings (SSSR count). The lowest BCUT2D eigenvalue weighted by atomic mass is 10.1. The fourth-order valence-corrected chi connectivity index (χ4v) is 1.82. The molecule has 6 nitrogen and oxygen atoms in total. The van der Waals surface area contributed by atoms with Crippen molar-refractivity contribution in [2.24, 2.45) is 11.5 Å². The Morgan fingerprint density at radius 2 is 1.82 bits per heavy atom. The van der Waals surface area contributed by atoms with Crippen LogP contribution in [0.25, 0.3) is 0 Å². The maximum absolute atomic E-state index is 12.4. The van der Waals surface area contributed by atoms with Gasteiger partial charge in [0.25, 0.3) is 5.91 Å². The molecule has 7 heteroatoms. The largest absolute Gasteiger partial charge is 0.459 e. The summed E-state index contributed by atoms with van der Waals surface area (Å²) in [6.45, 7) is 5.06. The van der Waals surface area contributed by atoms with E-state index in [1.165, 1.54) is 0 Å². The number of benzene rings is 1. The molecule has 4 N–H and O–H groups in total. The van der Waals surface area contributed by atoms with Gasteiger partial charge in [0.15, 0.2) is 5.11 Å². The van der Waals surface area contributed by atoms with E-state index in [-0.39, 0.29) is 11.7 Å². The van der Waals surface area contributed by atoms with Crippen molar-refractivity contribution in [3.63, 3.8) is 0 Å². The van der Waals surface area contributed by atoms with Crippen LogP contribution in [0.1, 0.15) is 31.1 Å². The van der Waals surface area contributed by atoms with Gasteiger partial charge in [-0.25, -0.2) is 0 Å². The monoisotopic (exact) mass is 323 g/mol. The normalized spacial score (nSPS) is 12.4. The Hall–Kier alpha value is -1.99. The second-order valence-electron chi connectivity index (χ2n) is 5.76. The number of ether oxygens (including phenoxy) is 1. The van der Waals surface area contributed by atoms with E-state index in [4.69, 9.17) is 28.4 Å². The first-order chi connectivity index (χ1) is 10.1. The number of amides is 1. The minimum absolute atomic E-state index is 0.141. The fraction of sp³-hybridized carbons (Fsp3) is 0.400. The Labute approximate surface area is 135 Å². The molecule has 0 heterocycles. The predicted octanol–water partition coefficient (Wildman–Crippen LogP) is 1.04. The summed E-state index contributed by atoms with van der Waals surface area (Å²) in [4.78, 5) is 25.4. The number of esters is 1. The zero-order valence-electron chi connectivity index (χ0n) is 12.9. The minimum atomic E-state index is -1.03. The van der Waals surface area contributed by atoms with E-state index in [2.05, 4.69) is 0 Å². The molecule has 1 aromatic rings. The van der Waals surface area contributed by atoms with Crippen molar-refractivity contribution < 1.29 is 14.3 Å². The van der Waals surface area contributed by atoms with E-state index in [1.807, 2.05) is 0 Å². The van der Waals surface area contributed by atoms with Crippen LogP contribution in [-0.2, 0) is 9.53 Å². The van der Waals surface area contributed by atoms with Gasteiger partial charge >= 0.3 is 5.97 Å². The van der Waals surface area contributed by atoms with E-state index in [0.29, 0.717) is 5.56 Å². The Kier molecular flexibility index (Phi) is 6.01. The molecule has 0 aromatic heterocycles. The van der Waals surface area contributed by atoms with Gasteiger partial charge in [0, 0.05) is 5.56 Å². The lowest BCUT2D eigenvalue weighted by Gasteiger charge is -2.26. The number of thiocarbonyl (C=S) groups is 1. The average molecular weight is 323 g/mol. The third-order valence-corrected chi connectivity index (χ3v) is 2.84. The van der Waals surface area contributed by atoms with Crippen LogP contribution in [0.3, 0.4) is 0 Å². The van der Waals surface area contributed by atoms with Gasteiger partial charge in [0.05, 0.1) is 6.54 Å². The van der Waals surface area contributed by atoms with Crippen LogP contribution < -0.4 is 11.5 Å². The van der Waals surface area contributed by atoms with Crippen molar-refractivity contribution in [3.8, 4) is 0 Å². The summed E-state index contributed by atoms with van der Waals surface area (Å²) in [7, 11) is 0. The molecule has 120 valence electrons. The van der Waals surface area contributed by atoms with Crippen LogP contribution in [0.5, 0.6) is 0 Å². The van der Waals surface area contributed by atoms with Crippen molar-refractivity contribution >= 4 is 29.2 Å². The smallest absolute Gasteiger partial charge is 0.325 e. The summed E-state index contributed by atoms with van der Waals surface area (Å²) in [6, 6.07) is 7.46. The first kappa shape index (κ1) is 18.1. The third kappa shape index (κ3) is 5.42. The van der Waals surface area contributed by atoms with Gasteiger partial charge < -0.3 is 16.2 Å². The van der Waals surface area contributed by atoms with Gasteiger partial charge in [-0.3, -0.25) is 14.5 Å². The summed E-state index contributed by atoms with van der Waals surface area (Å²) in [6.07, 6.45) is 0. The second-order valence-corrected chi connectivity index (χ2v) is 6.18. The van der Waals surface area contributed by atoms with Crippen LogP contribution in [0, 0.1) is 0 Å². The zero-order valence-corrected chi connectivity index (χ0v) is 13.7. The Morgan fingerprint density at radius 3 is 2.27 bits per heavy atom. The number of carbonyl (C=O) groups is 2. The number of nitrogens with zero attached hydrogens (tertiary/aromatic N) is 1. The van der Waals surface area contributed by atoms with Gasteiger partial charge in [-0.2, -0.15) is 0 Å². The van der Waals surface area contributed by atoms with E-state index in [9.17, 15) is 9.59 Å². The predicted molar refractivity (Wildman–Crippen MR) is 88.1 cm³/mol.